The first kappa shape index (κ1) is 18.4. The minimum atomic E-state index is -0.0513. The number of thioether (sulfide) groups is 1. The van der Waals surface area contributed by atoms with Crippen LogP contribution in [0.15, 0.2) is 27.6 Å². The molecule has 0 aliphatic carbocycles. The van der Waals surface area contributed by atoms with Crippen molar-refractivity contribution in [3.05, 3.63) is 33.2 Å². The van der Waals surface area contributed by atoms with Gasteiger partial charge in [0.25, 0.3) is 0 Å². The molecule has 1 aromatic carbocycles. The zero-order valence-electron chi connectivity index (χ0n) is 13.4. The highest BCUT2D eigenvalue weighted by molar-refractivity contribution is 9.10. The van der Waals surface area contributed by atoms with Crippen LogP contribution in [0.3, 0.4) is 0 Å². The SMILES string of the molecule is CCC(CC)c1nnc(NC(=O)CSc2ccc(Br)cc2C)s1. The van der Waals surface area contributed by atoms with Crippen molar-refractivity contribution in [2.24, 2.45) is 0 Å². The number of carbonyl (C=O) groups excluding carboxylic acids is 1. The van der Waals surface area contributed by atoms with Crippen molar-refractivity contribution in [1.82, 2.24) is 10.2 Å². The number of nitrogens with zero attached hydrogens (tertiary/aromatic N) is 2. The van der Waals surface area contributed by atoms with Gasteiger partial charge in [-0.05, 0) is 43.5 Å². The molecule has 124 valence electrons. The van der Waals surface area contributed by atoms with Gasteiger partial charge in [0, 0.05) is 15.3 Å². The first-order valence-corrected chi connectivity index (χ1v) is 10.1. The molecule has 0 bridgehead atoms. The van der Waals surface area contributed by atoms with Gasteiger partial charge in [-0.1, -0.05) is 41.1 Å². The second kappa shape index (κ2) is 8.80. The number of hydrogen-bond donors (Lipinski definition) is 1. The van der Waals surface area contributed by atoms with E-state index in [1.807, 2.05) is 25.1 Å². The molecule has 1 aromatic heterocycles. The number of halogens is 1. The molecule has 0 saturated carbocycles. The second-order valence-corrected chi connectivity index (χ2v) is 8.15. The summed E-state index contributed by atoms with van der Waals surface area (Å²) in [4.78, 5) is 13.2. The standard InChI is InChI=1S/C16H20BrN3OS2/c1-4-11(5-2)15-19-20-16(23-15)18-14(21)9-22-13-7-6-12(17)8-10(13)3/h6-8,11H,4-5,9H2,1-3H3,(H,18,20,21). The first-order chi connectivity index (χ1) is 11.0. The van der Waals surface area contributed by atoms with Crippen molar-refractivity contribution < 1.29 is 4.79 Å². The molecular weight excluding hydrogens is 394 g/mol. The minimum Gasteiger partial charge on any atom is -0.300 e. The fraction of sp³-hybridized carbons (Fsp3) is 0.438. The molecular formula is C16H20BrN3OS2. The van der Waals surface area contributed by atoms with Crippen LogP contribution in [-0.4, -0.2) is 21.9 Å². The van der Waals surface area contributed by atoms with Crippen molar-refractivity contribution in [2.45, 2.75) is 44.4 Å². The van der Waals surface area contributed by atoms with Crippen molar-refractivity contribution in [1.29, 1.82) is 0 Å². The molecule has 4 nitrogen and oxygen atoms in total. The summed E-state index contributed by atoms with van der Waals surface area (Å²) in [7, 11) is 0. The van der Waals surface area contributed by atoms with Crippen LogP contribution in [0, 0.1) is 6.92 Å². The van der Waals surface area contributed by atoms with Crippen LogP contribution < -0.4 is 5.32 Å². The zero-order valence-corrected chi connectivity index (χ0v) is 16.6. The lowest BCUT2D eigenvalue weighted by Crippen LogP contribution is -2.13. The summed E-state index contributed by atoms with van der Waals surface area (Å²) in [6.07, 6.45) is 2.08. The highest BCUT2D eigenvalue weighted by Crippen LogP contribution is 2.29. The number of anilines is 1. The molecule has 2 rings (SSSR count). The van der Waals surface area contributed by atoms with E-state index in [1.165, 1.54) is 23.1 Å². The Bertz CT molecular complexity index is 671. The van der Waals surface area contributed by atoms with Crippen molar-refractivity contribution in [3.63, 3.8) is 0 Å². The van der Waals surface area contributed by atoms with E-state index in [-0.39, 0.29) is 5.91 Å². The Kier molecular flexibility index (Phi) is 7.05. The number of nitrogens with one attached hydrogen (secondary N) is 1. The molecule has 0 spiro atoms. The lowest BCUT2D eigenvalue weighted by atomic mass is 10.1. The van der Waals surface area contributed by atoms with Crippen LogP contribution in [0.5, 0.6) is 0 Å². The Hall–Kier alpha value is -0.920. The number of aryl methyl sites for hydroxylation is 1. The summed E-state index contributed by atoms with van der Waals surface area (Å²) in [6, 6.07) is 6.06. The summed E-state index contributed by atoms with van der Waals surface area (Å²) in [5.74, 6) is 0.741. The van der Waals surface area contributed by atoms with Crippen LogP contribution in [-0.2, 0) is 4.79 Å². The fourth-order valence-electron chi connectivity index (χ4n) is 2.16. The summed E-state index contributed by atoms with van der Waals surface area (Å²) in [5, 5.41) is 12.7. The van der Waals surface area contributed by atoms with Gasteiger partial charge >= 0.3 is 0 Å². The molecule has 1 amide bonds. The molecule has 0 radical (unpaired) electrons. The Labute approximate surface area is 153 Å². The second-order valence-electron chi connectivity index (χ2n) is 5.21. The first-order valence-electron chi connectivity index (χ1n) is 7.55. The molecule has 0 fully saturated rings. The Morgan fingerprint density at radius 3 is 2.74 bits per heavy atom. The number of aromatic nitrogens is 2. The predicted molar refractivity (Wildman–Crippen MR) is 101 cm³/mol. The molecule has 0 unspecified atom stereocenters. The maximum atomic E-state index is 12.1. The topological polar surface area (TPSA) is 54.9 Å². The van der Waals surface area contributed by atoms with Crippen molar-refractivity contribution in [2.75, 3.05) is 11.1 Å². The van der Waals surface area contributed by atoms with Crippen molar-refractivity contribution in [3.8, 4) is 0 Å². The Morgan fingerprint density at radius 1 is 1.35 bits per heavy atom. The van der Waals surface area contributed by atoms with Crippen LogP contribution in [0.1, 0.15) is 43.2 Å². The quantitative estimate of drug-likeness (QED) is 0.630. The molecule has 0 aliphatic rings. The molecule has 1 heterocycles. The number of amides is 1. The van der Waals surface area contributed by atoms with Crippen LogP contribution >= 0.6 is 39.0 Å². The maximum absolute atomic E-state index is 12.1. The summed E-state index contributed by atoms with van der Waals surface area (Å²) in [5.41, 5.74) is 1.16. The van der Waals surface area contributed by atoms with Crippen LogP contribution in [0.2, 0.25) is 0 Å². The average Bonchev–Trinajstić information content (AvgIpc) is 2.96. The third-order valence-electron chi connectivity index (χ3n) is 3.52. The number of rotatable bonds is 7. The molecule has 0 saturated heterocycles. The number of hydrogen-bond acceptors (Lipinski definition) is 5. The maximum Gasteiger partial charge on any atom is 0.236 e. The van der Waals surface area contributed by atoms with E-state index < -0.39 is 0 Å². The van der Waals surface area contributed by atoms with E-state index in [0.29, 0.717) is 16.8 Å². The largest absolute Gasteiger partial charge is 0.300 e. The summed E-state index contributed by atoms with van der Waals surface area (Å²) < 4.78 is 1.05. The van der Waals surface area contributed by atoms with Crippen molar-refractivity contribution >= 4 is 50.1 Å². The van der Waals surface area contributed by atoms with E-state index in [1.54, 1.807) is 0 Å². The molecule has 0 aliphatic heterocycles. The Balaban J connectivity index is 1.90. The number of carbonyl (C=O) groups is 1. The van der Waals surface area contributed by atoms with Gasteiger partial charge < -0.3 is 0 Å². The van der Waals surface area contributed by atoms with Gasteiger partial charge in [0.15, 0.2) is 0 Å². The highest BCUT2D eigenvalue weighted by Gasteiger charge is 2.14. The van der Waals surface area contributed by atoms with E-state index in [9.17, 15) is 4.79 Å². The Morgan fingerprint density at radius 2 is 2.09 bits per heavy atom. The van der Waals surface area contributed by atoms with E-state index in [2.05, 4.69) is 45.3 Å². The van der Waals surface area contributed by atoms with Crippen LogP contribution in [0.25, 0.3) is 0 Å². The average molecular weight is 414 g/mol. The van der Waals surface area contributed by atoms with E-state index in [4.69, 9.17) is 0 Å². The third-order valence-corrected chi connectivity index (χ3v) is 6.19. The smallest absolute Gasteiger partial charge is 0.236 e. The van der Waals surface area contributed by atoms with Crippen LogP contribution in [0.4, 0.5) is 5.13 Å². The lowest BCUT2D eigenvalue weighted by molar-refractivity contribution is -0.113. The molecule has 23 heavy (non-hydrogen) atoms. The summed E-state index contributed by atoms with van der Waals surface area (Å²) in [6.45, 7) is 6.33. The summed E-state index contributed by atoms with van der Waals surface area (Å²) >= 11 is 6.45. The molecule has 2 aromatic rings. The highest BCUT2D eigenvalue weighted by atomic mass is 79.9. The van der Waals surface area contributed by atoms with E-state index in [0.717, 1.165) is 32.8 Å². The normalized spacial score (nSPS) is 11.0. The van der Waals surface area contributed by atoms with Gasteiger partial charge in [-0.15, -0.1) is 22.0 Å². The van der Waals surface area contributed by atoms with Gasteiger partial charge in [0.2, 0.25) is 11.0 Å². The molecule has 1 N–H and O–H groups in total. The van der Waals surface area contributed by atoms with Gasteiger partial charge in [0.05, 0.1) is 5.75 Å². The number of benzene rings is 1. The molecule has 0 atom stereocenters. The van der Waals surface area contributed by atoms with Gasteiger partial charge in [-0.2, -0.15) is 0 Å². The van der Waals surface area contributed by atoms with Gasteiger partial charge in [0.1, 0.15) is 5.01 Å². The minimum absolute atomic E-state index is 0.0513. The lowest BCUT2D eigenvalue weighted by Gasteiger charge is -2.06. The van der Waals surface area contributed by atoms with Gasteiger partial charge in [-0.3, -0.25) is 10.1 Å². The third kappa shape index (κ3) is 5.29. The monoisotopic (exact) mass is 413 g/mol. The van der Waals surface area contributed by atoms with Gasteiger partial charge in [-0.25, -0.2) is 0 Å². The zero-order chi connectivity index (χ0) is 16.8. The molecule has 7 heteroatoms. The van der Waals surface area contributed by atoms with E-state index >= 15 is 0 Å². The predicted octanol–water partition coefficient (Wildman–Crippen LogP) is 5.24. The fourth-order valence-corrected chi connectivity index (χ4v) is 4.47.